The van der Waals surface area contributed by atoms with E-state index in [1.807, 2.05) is 18.2 Å². The molecule has 1 aliphatic heterocycles. The third-order valence-corrected chi connectivity index (χ3v) is 3.58. The first kappa shape index (κ1) is 14.7. The molecule has 0 aliphatic carbocycles. The van der Waals surface area contributed by atoms with Crippen molar-refractivity contribution in [1.29, 1.82) is 0 Å². The predicted molar refractivity (Wildman–Crippen MR) is 82.1 cm³/mol. The van der Waals surface area contributed by atoms with E-state index in [9.17, 15) is 0 Å². The van der Waals surface area contributed by atoms with Crippen LogP contribution < -0.4 is 15.8 Å². The summed E-state index contributed by atoms with van der Waals surface area (Å²) in [6.07, 6.45) is 0.905. The minimum Gasteiger partial charge on any atom is -0.493 e. The molecule has 0 amide bonds. The number of benzene rings is 1. The Balaban J connectivity index is 1.92. The van der Waals surface area contributed by atoms with E-state index in [-0.39, 0.29) is 6.04 Å². The molecule has 3 N–H and O–H groups in total. The molecule has 1 aliphatic rings. The standard InChI is InChI=1S/C15H24N4O/c1-3-19(2)10-9-17-15(16)18-13-8-11-20-14-7-5-4-6-12(13)14/h4-7,13H,3,8-11H2,1-2H3,(H3,16,17,18). The normalized spacial score (nSPS) is 18.6. The van der Waals surface area contributed by atoms with Gasteiger partial charge in [-0.2, -0.15) is 0 Å². The zero-order chi connectivity index (χ0) is 14.4. The number of hydrogen-bond acceptors (Lipinski definition) is 3. The first-order valence-electron chi connectivity index (χ1n) is 7.17. The molecular formula is C15H24N4O. The van der Waals surface area contributed by atoms with Crippen molar-refractivity contribution in [3.63, 3.8) is 0 Å². The van der Waals surface area contributed by atoms with Gasteiger partial charge in [-0.05, 0) is 19.7 Å². The summed E-state index contributed by atoms with van der Waals surface area (Å²) < 4.78 is 5.64. The fourth-order valence-electron chi connectivity index (χ4n) is 2.22. The van der Waals surface area contributed by atoms with Crippen molar-refractivity contribution in [1.82, 2.24) is 10.2 Å². The molecule has 20 heavy (non-hydrogen) atoms. The van der Waals surface area contributed by atoms with E-state index in [4.69, 9.17) is 10.5 Å². The molecule has 0 spiro atoms. The van der Waals surface area contributed by atoms with Crippen LogP contribution in [0.25, 0.3) is 0 Å². The maximum absolute atomic E-state index is 5.97. The Bertz CT molecular complexity index is 461. The summed E-state index contributed by atoms with van der Waals surface area (Å²) in [6, 6.07) is 8.26. The van der Waals surface area contributed by atoms with Crippen molar-refractivity contribution in [3.05, 3.63) is 29.8 Å². The lowest BCUT2D eigenvalue weighted by molar-refractivity contribution is 0.262. The van der Waals surface area contributed by atoms with Crippen LogP contribution in [0, 0.1) is 0 Å². The Morgan fingerprint density at radius 2 is 2.30 bits per heavy atom. The van der Waals surface area contributed by atoms with Gasteiger partial charge in [0.2, 0.25) is 0 Å². The lowest BCUT2D eigenvalue weighted by Crippen LogP contribution is -2.37. The van der Waals surface area contributed by atoms with Gasteiger partial charge < -0.3 is 20.7 Å². The number of nitrogens with zero attached hydrogens (tertiary/aromatic N) is 2. The lowest BCUT2D eigenvalue weighted by atomic mass is 10.0. The molecule has 0 aromatic heterocycles. The topological polar surface area (TPSA) is 62.9 Å². The van der Waals surface area contributed by atoms with Gasteiger partial charge in [-0.15, -0.1) is 0 Å². The number of nitrogens with two attached hydrogens (primary N) is 1. The smallest absolute Gasteiger partial charge is 0.189 e. The van der Waals surface area contributed by atoms with Gasteiger partial charge in [0.25, 0.3) is 0 Å². The van der Waals surface area contributed by atoms with Crippen LogP contribution in [-0.2, 0) is 0 Å². The molecule has 0 bridgehead atoms. The SMILES string of the molecule is CCN(C)CCN=C(N)NC1CCOc2ccccc21. The van der Waals surface area contributed by atoms with Gasteiger partial charge in [-0.3, -0.25) is 4.99 Å². The highest BCUT2D eigenvalue weighted by atomic mass is 16.5. The Labute approximate surface area is 120 Å². The van der Waals surface area contributed by atoms with E-state index in [2.05, 4.69) is 35.2 Å². The van der Waals surface area contributed by atoms with Crippen molar-refractivity contribution < 1.29 is 4.74 Å². The van der Waals surface area contributed by atoms with Gasteiger partial charge in [-0.25, -0.2) is 0 Å². The van der Waals surface area contributed by atoms with Crippen LogP contribution >= 0.6 is 0 Å². The maximum atomic E-state index is 5.97. The van der Waals surface area contributed by atoms with E-state index in [1.54, 1.807) is 0 Å². The third-order valence-electron chi connectivity index (χ3n) is 3.58. The minimum absolute atomic E-state index is 0.188. The highest BCUT2D eigenvalue weighted by molar-refractivity contribution is 5.78. The molecule has 1 atom stereocenters. The molecule has 1 unspecified atom stereocenters. The molecule has 0 radical (unpaired) electrons. The summed E-state index contributed by atoms with van der Waals surface area (Å²) in [5.74, 6) is 1.45. The number of ether oxygens (including phenoxy) is 1. The molecule has 5 heteroatoms. The zero-order valence-electron chi connectivity index (χ0n) is 12.3. The molecule has 1 aromatic carbocycles. The van der Waals surface area contributed by atoms with Crippen molar-refractivity contribution in [2.24, 2.45) is 10.7 Å². The molecule has 1 heterocycles. The number of likely N-dealkylation sites (N-methyl/N-ethyl adjacent to an activating group) is 1. The second-order valence-electron chi connectivity index (χ2n) is 5.03. The summed E-state index contributed by atoms with van der Waals surface area (Å²) in [5.41, 5.74) is 7.12. The molecule has 0 saturated heterocycles. The van der Waals surface area contributed by atoms with Crippen LogP contribution in [0.5, 0.6) is 5.75 Å². The first-order valence-corrected chi connectivity index (χ1v) is 7.17. The van der Waals surface area contributed by atoms with Crippen LogP contribution in [0.2, 0.25) is 0 Å². The molecule has 0 saturated carbocycles. The van der Waals surface area contributed by atoms with Gasteiger partial charge >= 0.3 is 0 Å². The second-order valence-corrected chi connectivity index (χ2v) is 5.03. The average Bonchev–Trinajstić information content (AvgIpc) is 2.47. The summed E-state index contributed by atoms with van der Waals surface area (Å²) in [5, 5.41) is 3.30. The van der Waals surface area contributed by atoms with Crippen LogP contribution in [-0.4, -0.2) is 44.1 Å². The minimum atomic E-state index is 0.188. The van der Waals surface area contributed by atoms with Gasteiger partial charge in [0.05, 0.1) is 19.2 Å². The van der Waals surface area contributed by atoms with Crippen LogP contribution in [0.15, 0.2) is 29.3 Å². The number of rotatable bonds is 5. The van der Waals surface area contributed by atoms with Crippen molar-refractivity contribution in [3.8, 4) is 5.75 Å². The van der Waals surface area contributed by atoms with Gasteiger partial charge in [0.1, 0.15) is 5.75 Å². The van der Waals surface area contributed by atoms with E-state index in [0.717, 1.165) is 30.8 Å². The second kappa shape index (κ2) is 7.14. The Morgan fingerprint density at radius 3 is 3.10 bits per heavy atom. The van der Waals surface area contributed by atoms with E-state index in [1.165, 1.54) is 0 Å². The highest BCUT2D eigenvalue weighted by Crippen LogP contribution is 2.31. The number of hydrogen-bond donors (Lipinski definition) is 2. The number of nitrogens with one attached hydrogen (secondary N) is 1. The van der Waals surface area contributed by atoms with Crippen molar-refractivity contribution in [2.45, 2.75) is 19.4 Å². The van der Waals surface area contributed by atoms with Gasteiger partial charge in [0.15, 0.2) is 5.96 Å². The largest absolute Gasteiger partial charge is 0.493 e. The zero-order valence-corrected chi connectivity index (χ0v) is 12.3. The summed E-state index contributed by atoms with van der Waals surface area (Å²) in [4.78, 5) is 6.59. The summed E-state index contributed by atoms with van der Waals surface area (Å²) in [6.45, 7) is 5.50. The first-order chi connectivity index (χ1) is 9.70. The van der Waals surface area contributed by atoms with Gasteiger partial charge in [0, 0.05) is 18.5 Å². The third kappa shape index (κ3) is 3.87. The molecule has 0 fully saturated rings. The molecule has 5 nitrogen and oxygen atoms in total. The number of guanidine groups is 1. The van der Waals surface area contributed by atoms with Crippen molar-refractivity contribution >= 4 is 5.96 Å². The monoisotopic (exact) mass is 276 g/mol. The fraction of sp³-hybridized carbons (Fsp3) is 0.533. The average molecular weight is 276 g/mol. The Hall–Kier alpha value is -1.75. The van der Waals surface area contributed by atoms with Crippen molar-refractivity contribution in [2.75, 3.05) is 33.3 Å². The Kier molecular flexibility index (Phi) is 5.24. The predicted octanol–water partition coefficient (Wildman–Crippen LogP) is 1.37. The van der Waals surface area contributed by atoms with Crippen LogP contribution in [0.3, 0.4) is 0 Å². The van der Waals surface area contributed by atoms with Crippen LogP contribution in [0.1, 0.15) is 24.9 Å². The molecule has 110 valence electrons. The maximum Gasteiger partial charge on any atom is 0.189 e. The van der Waals surface area contributed by atoms with E-state index in [0.29, 0.717) is 19.1 Å². The van der Waals surface area contributed by atoms with Gasteiger partial charge in [-0.1, -0.05) is 25.1 Å². The van der Waals surface area contributed by atoms with Crippen LogP contribution in [0.4, 0.5) is 0 Å². The fourth-order valence-corrected chi connectivity index (χ4v) is 2.22. The molecule has 1 aromatic rings. The number of para-hydroxylation sites is 1. The molecule has 2 rings (SSSR count). The number of aliphatic imine (C=N–C) groups is 1. The highest BCUT2D eigenvalue weighted by Gasteiger charge is 2.20. The quantitative estimate of drug-likeness (QED) is 0.630. The summed E-state index contributed by atoms with van der Waals surface area (Å²) in [7, 11) is 2.08. The Morgan fingerprint density at radius 1 is 1.50 bits per heavy atom. The van der Waals surface area contributed by atoms with E-state index >= 15 is 0 Å². The van der Waals surface area contributed by atoms with E-state index < -0.39 is 0 Å². The number of fused-ring (bicyclic) bond motifs is 1. The summed E-state index contributed by atoms with van der Waals surface area (Å²) >= 11 is 0. The lowest BCUT2D eigenvalue weighted by Gasteiger charge is -2.27. The molecular weight excluding hydrogens is 252 g/mol.